The van der Waals surface area contributed by atoms with Gasteiger partial charge in [0.1, 0.15) is 0 Å². The van der Waals surface area contributed by atoms with Crippen LogP contribution in [0.3, 0.4) is 0 Å². The Morgan fingerprint density at radius 3 is 2.18 bits per heavy atom. The summed E-state index contributed by atoms with van der Waals surface area (Å²) in [5.41, 5.74) is 0. The van der Waals surface area contributed by atoms with Crippen molar-refractivity contribution >= 4 is 7.60 Å². The van der Waals surface area contributed by atoms with Gasteiger partial charge >= 0.3 is 7.60 Å². The van der Waals surface area contributed by atoms with Crippen molar-refractivity contribution in [1.82, 2.24) is 4.90 Å². The van der Waals surface area contributed by atoms with E-state index in [1.54, 1.807) is 6.92 Å². The number of aliphatic hydroxyl groups is 1. The highest BCUT2D eigenvalue weighted by Crippen LogP contribution is 2.47. The number of aliphatic hydroxyl groups excluding tert-OH is 1. The molecule has 104 valence electrons. The summed E-state index contributed by atoms with van der Waals surface area (Å²) in [6, 6.07) is 0. The number of nitrogens with zero attached hydrogens (tertiary/aromatic N) is 1. The molecule has 0 amide bonds. The summed E-state index contributed by atoms with van der Waals surface area (Å²) >= 11 is 0. The molecule has 0 bridgehead atoms. The molecule has 0 fully saturated rings. The smallest absolute Gasteiger partial charge is 0.331 e. The summed E-state index contributed by atoms with van der Waals surface area (Å²) in [6.45, 7) is 7.59. The fourth-order valence-corrected chi connectivity index (χ4v) is 3.08. The Labute approximate surface area is 105 Å². The van der Waals surface area contributed by atoms with E-state index in [1.807, 2.05) is 25.8 Å². The summed E-state index contributed by atoms with van der Waals surface area (Å²) in [4.78, 5) is 2.03. The van der Waals surface area contributed by atoms with Gasteiger partial charge in [0.05, 0.1) is 25.5 Å². The number of hydrogen-bond donors (Lipinski definition) is 1. The van der Waals surface area contributed by atoms with Gasteiger partial charge in [-0.05, 0) is 34.2 Å². The molecular formula is C11H26NO4P. The largest absolute Gasteiger partial charge is 0.393 e. The van der Waals surface area contributed by atoms with Gasteiger partial charge in [0, 0.05) is 13.1 Å². The molecule has 0 saturated heterocycles. The second-order valence-corrected chi connectivity index (χ2v) is 6.30. The quantitative estimate of drug-likeness (QED) is 0.613. The SMILES string of the molecule is CCOP(=O)(CCN(C)CCC(C)O)OCC. The van der Waals surface area contributed by atoms with Gasteiger partial charge in [0.2, 0.25) is 0 Å². The van der Waals surface area contributed by atoms with Gasteiger partial charge in [0.15, 0.2) is 0 Å². The van der Waals surface area contributed by atoms with Crippen LogP contribution in [0.25, 0.3) is 0 Å². The summed E-state index contributed by atoms with van der Waals surface area (Å²) in [5.74, 6) is 0. The summed E-state index contributed by atoms with van der Waals surface area (Å²) in [5, 5.41) is 9.17. The normalized spacial score (nSPS) is 14.2. The van der Waals surface area contributed by atoms with Crippen LogP contribution in [0.15, 0.2) is 0 Å². The first-order valence-electron chi connectivity index (χ1n) is 6.18. The molecule has 6 heteroatoms. The first-order valence-corrected chi connectivity index (χ1v) is 7.91. The van der Waals surface area contributed by atoms with Crippen LogP contribution in [-0.4, -0.2) is 55.6 Å². The molecule has 1 unspecified atom stereocenters. The maximum absolute atomic E-state index is 12.1. The zero-order valence-corrected chi connectivity index (χ0v) is 12.3. The van der Waals surface area contributed by atoms with E-state index in [4.69, 9.17) is 14.2 Å². The Bertz CT molecular complexity index is 226. The molecule has 0 aromatic rings. The van der Waals surface area contributed by atoms with Crippen LogP contribution >= 0.6 is 7.60 Å². The average molecular weight is 267 g/mol. The zero-order chi connectivity index (χ0) is 13.3. The third kappa shape index (κ3) is 8.75. The highest BCUT2D eigenvalue weighted by Gasteiger charge is 2.23. The van der Waals surface area contributed by atoms with Crippen LogP contribution in [0.5, 0.6) is 0 Å². The molecule has 0 aromatic carbocycles. The summed E-state index contributed by atoms with van der Waals surface area (Å²) < 4.78 is 22.5. The van der Waals surface area contributed by atoms with Crippen LogP contribution < -0.4 is 0 Å². The lowest BCUT2D eigenvalue weighted by molar-refractivity contribution is 0.164. The van der Waals surface area contributed by atoms with E-state index >= 15 is 0 Å². The first-order chi connectivity index (χ1) is 7.93. The van der Waals surface area contributed by atoms with Crippen molar-refractivity contribution in [2.75, 3.05) is 39.5 Å². The maximum Gasteiger partial charge on any atom is 0.331 e. The highest BCUT2D eigenvalue weighted by molar-refractivity contribution is 7.53. The lowest BCUT2D eigenvalue weighted by atomic mass is 10.3. The molecule has 0 radical (unpaired) electrons. The van der Waals surface area contributed by atoms with Crippen molar-refractivity contribution in [2.24, 2.45) is 0 Å². The average Bonchev–Trinajstić information content (AvgIpc) is 2.24. The second-order valence-electron chi connectivity index (χ2n) is 4.11. The van der Waals surface area contributed by atoms with Gasteiger partial charge in [-0.15, -0.1) is 0 Å². The molecule has 17 heavy (non-hydrogen) atoms. The minimum atomic E-state index is -2.92. The molecule has 0 aliphatic heterocycles. The Kier molecular flexibility index (Phi) is 9.10. The Balaban J connectivity index is 3.99. The molecule has 0 aliphatic carbocycles. The van der Waals surface area contributed by atoms with Gasteiger partial charge in [0.25, 0.3) is 0 Å². The topological polar surface area (TPSA) is 59.0 Å². The predicted octanol–water partition coefficient (Wildman–Crippen LogP) is 1.96. The molecule has 0 rings (SSSR count). The summed E-state index contributed by atoms with van der Waals surface area (Å²) in [7, 11) is -0.990. The molecule has 1 atom stereocenters. The van der Waals surface area contributed by atoms with Gasteiger partial charge in [-0.1, -0.05) is 0 Å². The molecular weight excluding hydrogens is 241 g/mol. The second kappa shape index (κ2) is 9.06. The fourth-order valence-electron chi connectivity index (χ4n) is 1.37. The number of rotatable bonds is 10. The minimum Gasteiger partial charge on any atom is -0.393 e. The Hall–Kier alpha value is 0.0700. The van der Waals surface area contributed by atoms with Crippen LogP contribution in [0.2, 0.25) is 0 Å². The van der Waals surface area contributed by atoms with Crippen LogP contribution in [0, 0.1) is 0 Å². The Morgan fingerprint density at radius 1 is 1.24 bits per heavy atom. The standard InChI is InChI=1S/C11H26NO4P/c1-5-15-17(14,16-6-2)10-9-12(4)8-7-11(3)13/h11,13H,5-10H2,1-4H3. The van der Waals surface area contributed by atoms with Crippen molar-refractivity contribution in [3.8, 4) is 0 Å². The summed E-state index contributed by atoms with van der Waals surface area (Å²) in [6.07, 6.45) is 0.803. The van der Waals surface area contributed by atoms with Crippen molar-refractivity contribution in [3.63, 3.8) is 0 Å². The molecule has 0 heterocycles. The van der Waals surface area contributed by atoms with Crippen LogP contribution in [0.4, 0.5) is 0 Å². The Morgan fingerprint density at radius 2 is 1.76 bits per heavy atom. The third-order valence-corrected chi connectivity index (χ3v) is 4.39. The van der Waals surface area contributed by atoms with Crippen molar-refractivity contribution < 1.29 is 18.7 Å². The third-order valence-electron chi connectivity index (χ3n) is 2.34. The van der Waals surface area contributed by atoms with E-state index in [2.05, 4.69) is 0 Å². The fraction of sp³-hybridized carbons (Fsp3) is 1.00. The van der Waals surface area contributed by atoms with Crippen LogP contribution in [0.1, 0.15) is 27.2 Å². The van der Waals surface area contributed by atoms with E-state index in [-0.39, 0.29) is 6.10 Å². The molecule has 1 N–H and O–H groups in total. The van der Waals surface area contributed by atoms with E-state index in [0.717, 1.165) is 6.54 Å². The lowest BCUT2D eigenvalue weighted by Gasteiger charge is -2.21. The van der Waals surface area contributed by atoms with E-state index in [1.165, 1.54) is 0 Å². The van der Waals surface area contributed by atoms with E-state index in [0.29, 0.717) is 32.3 Å². The van der Waals surface area contributed by atoms with E-state index in [9.17, 15) is 4.57 Å². The minimum absolute atomic E-state index is 0.303. The predicted molar refractivity (Wildman–Crippen MR) is 69.5 cm³/mol. The number of hydrogen-bond acceptors (Lipinski definition) is 5. The van der Waals surface area contributed by atoms with Crippen molar-refractivity contribution in [3.05, 3.63) is 0 Å². The highest BCUT2D eigenvalue weighted by atomic mass is 31.2. The maximum atomic E-state index is 12.1. The molecule has 0 spiro atoms. The molecule has 0 aliphatic rings. The van der Waals surface area contributed by atoms with E-state index < -0.39 is 7.60 Å². The van der Waals surface area contributed by atoms with Crippen molar-refractivity contribution in [1.29, 1.82) is 0 Å². The monoisotopic (exact) mass is 267 g/mol. The molecule has 0 saturated carbocycles. The van der Waals surface area contributed by atoms with Gasteiger partial charge in [-0.3, -0.25) is 4.57 Å². The van der Waals surface area contributed by atoms with Gasteiger partial charge in [-0.2, -0.15) is 0 Å². The molecule has 0 aromatic heterocycles. The first kappa shape index (κ1) is 17.1. The van der Waals surface area contributed by atoms with Gasteiger partial charge in [-0.25, -0.2) is 0 Å². The zero-order valence-electron chi connectivity index (χ0n) is 11.4. The molecule has 5 nitrogen and oxygen atoms in total. The van der Waals surface area contributed by atoms with Gasteiger partial charge < -0.3 is 19.1 Å². The van der Waals surface area contributed by atoms with Crippen molar-refractivity contribution in [2.45, 2.75) is 33.3 Å². The lowest BCUT2D eigenvalue weighted by Crippen LogP contribution is -2.26. The van der Waals surface area contributed by atoms with Crippen LogP contribution in [-0.2, 0) is 13.6 Å².